The van der Waals surface area contributed by atoms with Crippen molar-refractivity contribution in [1.29, 1.82) is 0 Å². The van der Waals surface area contributed by atoms with Gasteiger partial charge in [-0.15, -0.1) is 11.3 Å². The molecule has 3 heterocycles. The fourth-order valence-corrected chi connectivity index (χ4v) is 4.61. The maximum atomic E-state index is 4.85. The average molecular weight is 390 g/mol. The molecule has 0 unspecified atom stereocenters. The van der Waals surface area contributed by atoms with E-state index in [0.717, 1.165) is 43.5 Å². The quantitative estimate of drug-likeness (QED) is 0.408. The lowest BCUT2D eigenvalue weighted by atomic mass is 10.1. The molecule has 0 amide bonds. The Morgan fingerprint density at radius 3 is 2.89 bits per heavy atom. The van der Waals surface area contributed by atoms with E-state index in [-0.39, 0.29) is 0 Å². The Balaban J connectivity index is 1.55. The van der Waals surface area contributed by atoms with Gasteiger partial charge >= 0.3 is 0 Å². The number of hydrogen-bond acceptors (Lipinski definition) is 6. The maximum Gasteiger partial charge on any atom is 0.153 e. The first-order chi connectivity index (χ1) is 13.2. The first-order valence-electron chi connectivity index (χ1n) is 8.44. The highest BCUT2D eigenvalue weighted by Gasteiger charge is 2.10. The molecular formula is C20H15N5S2. The Morgan fingerprint density at radius 1 is 1.07 bits per heavy atom. The molecule has 0 fully saturated rings. The highest BCUT2D eigenvalue weighted by Crippen LogP contribution is 2.34. The predicted molar refractivity (Wildman–Crippen MR) is 112 cm³/mol. The van der Waals surface area contributed by atoms with Crippen LogP contribution in [-0.4, -0.2) is 20.2 Å². The van der Waals surface area contributed by atoms with E-state index in [0.29, 0.717) is 0 Å². The molecule has 0 spiro atoms. The number of nitrogens with zero attached hydrogens (tertiary/aromatic N) is 3. The summed E-state index contributed by atoms with van der Waals surface area (Å²) < 4.78 is 1.19. The van der Waals surface area contributed by atoms with Crippen molar-refractivity contribution < 1.29 is 0 Å². The molecule has 5 aromatic rings. The number of fused-ring (bicyclic) bond motifs is 2. The van der Waals surface area contributed by atoms with E-state index in [1.165, 1.54) is 4.70 Å². The SMILES string of the molecule is Cc1cc(Nc2nc(Sc3ccc4ncsc4c3)cc3ccccc23)n[nH]1. The number of pyridine rings is 1. The van der Waals surface area contributed by atoms with Crippen LogP contribution in [-0.2, 0) is 0 Å². The van der Waals surface area contributed by atoms with Crippen LogP contribution in [0.2, 0.25) is 0 Å². The molecule has 132 valence electrons. The Morgan fingerprint density at radius 2 is 2.00 bits per heavy atom. The van der Waals surface area contributed by atoms with Crippen LogP contribution in [0.4, 0.5) is 11.6 Å². The number of anilines is 2. The number of hydrogen-bond donors (Lipinski definition) is 2. The summed E-state index contributed by atoms with van der Waals surface area (Å²) in [5.74, 6) is 1.57. The van der Waals surface area contributed by atoms with Crippen LogP contribution in [0.1, 0.15) is 5.69 Å². The molecule has 0 atom stereocenters. The van der Waals surface area contributed by atoms with E-state index in [4.69, 9.17) is 4.98 Å². The molecule has 0 saturated heterocycles. The standard InChI is InChI=1S/C20H15N5S2/c1-12-8-18(25-24-12)22-20-15-5-3-2-4-13(15)9-19(23-20)27-14-6-7-16-17(10-14)26-11-21-16/h2-11H,1H3,(H2,22,23,24,25). The fourth-order valence-electron chi connectivity index (χ4n) is 2.94. The molecule has 0 saturated carbocycles. The van der Waals surface area contributed by atoms with Gasteiger partial charge in [0.05, 0.1) is 15.7 Å². The number of aromatic amines is 1. The molecule has 27 heavy (non-hydrogen) atoms. The summed E-state index contributed by atoms with van der Waals surface area (Å²) >= 11 is 3.30. The van der Waals surface area contributed by atoms with Crippen molar-refractivity contribution >= 4 is 55.7 Å². The van der Waals surface area contributed by atoms with Gasteiger partial charge in [0.2, 0.25) is 0 Å². The Bertz CT molecular complexity index is 1260. The fraction of sp³-hybridized carbons (Fsp3) is 0.0500. The Hall–Kier alpha value is -2.90. The topological polar surface area (TPSA) is 66.5 Å². The lowest BCUT2D eigenvalue weighted by molar-refractivity contribution is 1.04. The summed E-state index contributed by atoms with van der Waals surface area (Å²) in [6, 6.07) is 18.6. The second kappa shape index (κ2) is 6.68. The van der Waals surface area contributed by atoms with Crippen molar-refractivity contribution in [3.05, 3.63) is 65.8 Å². The van der Waals surface area contributed by atoms with Gasteiger partial charge in [0.15, 0.2) is 5.82 Å². The van der Waals surface area contributed by atoms with Crippen LogP contribution in [0.5, 0.6) is 0 Å². The first kappa shape index (κ1) is 16.3. The van der Waals surface area contributed by atoms with Crippen molar-refractivity contribution in [1.82, 2.24) is 20.2 Å². The summed E-state index contributed by atoms with van der Waals surface area (Å²) in [6.45, 7) is 1.98. The summed E-state index contributed by atoms with van der Waals surface area (Å²) in [6.07, 6.45) is 0. The number of nitrogens with one attached hydrogen (secondary N) is 2. The number of benzene rings is 2. The molecule has 0 aliphatic heterocycles. The normalized spacial score (nSPS) is 11.3. The second-order valence-corrected chi connectivity index (χ2v) is 8.16. The third-order valence-corrected chi connectivity index (χ3v) is 5.89. The summed E-state index contributed by atoms with van der Waals surface area (Å²) in [4.78, 5) is 10.3. The minimum Gasteiger partial charge on any atom is -0.323 e. The third-order valence-electron chi connectivity index (χ3n) is 4.19. The molecule has 3 aromatic heterocycles. The maximum absolute atomic E-state index is 4.85. The zero-order chi connectivity index (χ0) is 18.2. The van der Waals surface area contributed by atoms with Crippen LogP contribution < -0.4 is 5.32 Å². The van der Waals surface area contributed by atoms with Crippen molar-refractivity contribution in [2.75, 3.05) is 5.32 Å². The lowest BCUT2D eigenvalue weighted by Gasteiger charge is -2.10. The predicted octanol–water partition coefficient (Wildman–Crippen LogP) is 5.77. The highest BCUT2D eigenvalue weighted by atomic mass is 32.2. The third kappa shape index (κ3) is 3.27. The van der Waals surface area contributed by atoms with E-state index in [1.54, 1.807) is 23.1 Å². The number of H-pyrrole nitrogens is 1. The van der Waals surface area contributed by atoms with Crippen LogP contribution in [0, 0.1) is 6.92 Å². The molecule has 2 aromatic carbocycles. The molecule has 0 radical (unpaired) electrons. The van der Waals surface area contributed by atoms with Crippen LogP contribution in [0.3, 0.4) is 0 Å². The Kier molecular flexibility index (Phi) is 4.03. The minimum atomic E-state index is 0.762. The number of thiazole rings is 1. The summed E-state index contributed by atoms with van der Waals surface area (Å²) in [7, 11) is 0. The van der Waals surface area contributed by atoms with Gasteiger partial charge in [0, 0.05) is 22.0 Å². The number of rotatable bonds is 4. The van der Waals surface area contributed by atoms with Gasteiger partial charge in [-0.1, -0.05) is 36.0 Å². The molecular weight excluding hydrogens is 374 g/mol. The summed E-state index contributed by atoms with van der Waals surface area (Å²) in [5, 5.41) is 13.7. The van der Waals surface area contributed by atoms with E-state index < -0.39 is 0 Å². The van der Waals surface area contributed by atoms with Gasteiger partial charge in [-0.25, -0.2) is 9.97 Å². The van der Waals surface area contributed by atoms with Crippen LogP contribution >= 0.6 is 23.1 Å². The highest BCUT2D eigenvalue weighted by molar-refractivity contribution is 7.99. The van der Waals surface area contributed by atoms with Crippen LogP contribution in [0.15, 0.2) is 70.0 Å². The zero-order valence-electron chi connectivity index (χ0n) is 14.4. The Labute approximate surface area is 163 Å². The van der Waals surface area contributed by atoms with Gasteiger partial charge in [-0.2, -0.15) is 5.10 Å². The van der Waals surface area contributed by atoms with Crippen molar-refractivity contribution in [2.24, 2.45) is 0 Å². The van der Waals surface area contributed by atoms with E-state index >= 15 is 0 Å². The van der Waals surface area contributed by atoms with Gasteiger partial charge in [0.25, 0.3) is 0 Å². The number of aryl methyl sites for hydroxylation is 1. The molecule has 0 aliphatic carbocycles. The van der Waals surface area contributed by atoms with E-state index in [9.17, 15) is 0 Å². The van der Waals surface area contributed by atoms with Crippen molar-refractivity contribution in [3.63, 3.8) is 0 Å². The van der Waals surface area contributed by atoms with Gasteiger partial charge in [0.1, 0.15) is 10.8 Å². The summed E-state index contributed by atoms with van der Waals surface area (Å²) in [5.41, 5.74) is 3.92. The molecule has 5 rings (SSSR count). The zero-order valence-corrected chi connectivity index (χ0v) is 16.1. The van der Waals surface area contributed by atoms with E-state index in [2.05, 4.69) is 56.9 Å². The van der Waals surface area contributed by atoms with Gasteiger partial charge in [-0.3, -0.25) is 5.10 Å². The monoisotopic (exact) mass is 389 g/mol. The smallest absolute Gasteiger partial charge is 0.153 e. The van der Waals surface area contributed by atoms with Crippen molar-refractivity contribution in [3.8, 4) is 0 Å². The second-order valence-electron chi connectivity index (χ2n) is 6.18. The van der Waals surface area contributed by atoms with Gasteiger partial charge < -0.3 is 5.32 Å². The molecule has 0 bridgehead atoms. The average Bonchev–Trinajstić information content (AvgIpc) is 3.30. The number of aromatic nitrogens is 4. The van der Waals surface area contributed by atoms with E-state index in [1.807, 2.05) is 30.6 Å². The van der Waals surface area contributed by atoms with Crippen molar-refractivity contribution in [2.45, 2.75) is 16.8 Å². The molecule has 0 aliphatic rings. The minimum absolute atomic E-state index is 0.762. The molecule has 5 nitrogen and oxygen atoms in total. The van der Waals surface area contributed by atoms with Crippen LogP contribution in [0.25, 0.3) is 21.0 Å². The lowest BCUT2D eigenvalue weighted by Crippen LogP contribution is -1.96. The van der Waals surface area contributed by atoms with Gasteiger partial charge in [-0.05, 0) is 36.6 Å². The molecule has 2 N–H and O–H groups in total. The molecule has 7 heteroatoms. The first-order valence-corrected chi connectivity index (χ1v) is 10.1. The largest absolute Gasteiger partial charge is 0.323 e.